The quantitative estimate of drug-likeness (QED) is 0.0549. The molecule has 0 saturated heterocycles. The van der Waals surface area contributed by atoms with Crippen LogP contribution in [0, 0.1) is 0 Å². The van der Waals surface area contributed by atoms with Crippen LogP contribution >= 0.6 is 0 Å². The Balaban J connectivity index is 0.00000392. The third-order valence-corrected chi connectivity index (χ3v) is 9.90. The first-order valence-electron chi connectivity index (χ1n) is 16.6. The van der Waals surface area contributed by atoms with Crippen LogP contribution in [0.3, 0.4) is 0 Å². The monoisotopic (exact) mass is 786 g/mol. The summed E-state index contributed by atoms with van der Waals surface area (Å²) in [7, 11) is -8.71. The molecule has 0 aliphatic carbocycles. The van der Waals surface area contributed by atoms with E-state index in [-0.39, 0.29) is 85.2 Å². The Morgan fingerprint density at radius 2 is 0.722 bits per heavy atom. The second-order valence-electron chi connectivity index (χ2n) is 12.1. The number of carbonyl (C=O) groups excluding carboxylic acids is 2. The van der Waals surface area contributed by atoms with Gasteiger partial charge in [-0.25, -0.2) is 16.8 Å². The van der Waals surface area contributed by atoms with E-state index in [2.05, 4.69) is 0 Å². The summed E-state index contributed by atoms with van der Waals surface area (Å²) in [5.74, 6) is -0.00853. The van der Waals surface area contributed by atoms with Gasteiger partial charge in [0, 0.05) is 33.8 Å². The molecule has 0 radical (unpaired) electrons. The van der Waals surface area contributed by atoms with E-state index in [9.17, 15) is 35.5 Å². The van der Waals surface area contributed by atoms with E-state index in [1.54, 1.807) is 24.3 Å². The number of hydrogen-bond donors (Lipinski definition) is 0. The summed E-state index contributed by atoms with van der Waals surface area (Å²) < 4.78 is 79.3. The normalized spacial score (nSPS) is 11.1. The van der Waals surface area contributed by atoms with Gasteiger partial charge in [0.15, 0.2) is 0 Å². The summed E-state index contributed by atoms with van der Waals surface area (Å²) in [6.45, 7) is 0.283. The van der Waals surface area contributed by atoms with Gasteiger partial charge < -0.3 is 18.6 Å². The standard InChI is InChI=1S/C40H38O10S2.2Na/c41-27-29-5-9-31(10-6-29)33-13-17-35(18-14-33)37-26-40(50-22-2-4-24-52(46,47)48)38(25-39(37)49-21-1-3-23-51(43,44)45)36-19-15-34(16-20-36)32-11-7-30(28-42)8-12-32;;/h5-20,25-28H,1-4,21-24H2,(H,43,44,45)(H,46,47,48);;/q;2*+1/p-2. The van der Waals surface area contributed by atoms with Crippen LogP contribution in [-0.2, 0) is 20.2 Å². The SMILES string of the molecule is O=Cc1ccc(-c2ccc(-c3cc(OCCCCS(=O)(=O)[O-])c(-c4ccc(-c5ccc(C=O)cc5)cc4)cc3OCCCCS(=O)(=O)[O-])cc2)cc1.[Na+].[Na+]. The molecule has 0 N–H and O–H groups in total. The molecule has 0 aliphatic heterocycles. The number of benzene rings is 5. The number of unbranched alkanes of at least 4 members (excludes halogenated alkanes) is 2. The van der Waals surface area contributed by atoms with Crippen LogP contribution in [0.4, 0.5) is 0 Å². The van der Waals surface area contributed by atoms with Crippen LogP contribution in [0.15, 0.2) is 109 Å². The van der Waals surface area contributed by atoms with Gasteiger partial charge in [0.1, 0.15) is 24.1 Å². The van der Waals surface area contributed by atoms with Crippen molar-refractivity contribution in [2.45, 2.75) is 25.7 Å². The Labute approximate surface area is 360 Å². The first kappa shape index (κ1) is 45.3. The molecule has 0 heterocycles. The van der Waals surface area contributed by atoms with Gasteiger partial charge in [0.05, 0.1) is 33.5 Å². The predicted molar refractivity (Wildman–Crippen MR) is 198 cm³/mol. The van der Waals surface area contributed by atoms with Crippen molar-refractivity contribution < 1.29 is 104 Å². The molecule has 54 heavy (non-hydrogen) atoms. The number of ether oxygens (including phenoxy) is 2. The van der Waals surface area contributed by atoms with E-state index in [0.717, 1.165) is 46.0 Å². The van der Waals surface area contributed by atoms with Gasteiger partial charge in [0.2, 0.25) is 0 Å². The first-order chi connectivity index (χ1) is 24.9. The predicted octanol–water partition coefficient (Wildman–Crippen LogP) is 1.40. The molecule has 0 spiro atoms. The largest absolute Gasteiger partial charge is 1.00 e. The molecule has 270 valence electrons. The molecule has 0 amide bonds. The van der Waals surface area contributed by atoms with Gasteiger partial charge in [-0.3, -0.25) is 9.59 Å². The number of carbonyl (C=O) groups is 2. The summed E-state index contributed by atoms with van der Waals surface area (Å²) in [6, 6.07) is 33.5. The van der Waals surface area contributed by atoms with Gasteiger partial charge >= 0.3 is 59.1 Å². The number of hydrogen-bond acceptors (Lipinski definition) is 10. The molecule has 5 aromatic carbocycles. The Bertz CT molecular complexity index is 2050. The Kier molecular flexibility index (Phi) is 17.8. The maximum absolute atomic E-state index is 11.1. The first-order valence-corrected chi connectivity index (χ1v) is 19.7. The van der Waals surface area contributed by atoms with Crippen LogP contribution in [0.25, 0.3) is 44.5 Å². The molecule has 0 unspecified atom stereocenters. The average molecular weight is 787 g/mol. The number of rotatable bonds is 18. The van der Waals surface area contributed by atoms with E-state index in [1.807, 2.05) is 84.9 Å². The third-order valence-electron chi connectivity index (χ3n) is 8.33. The summed E-state index contributed by atoms with van der Waals surface area (Å²) in [5.41, 5.74) is 7.74. The minimum Gasteiger partial charge on any atom is -0.748 e. The minimum absolute atomic E-state index is 0. The Hall–Kier alpha value is -3.14. The van der Waals surface area contributed by atoms with Crippen molar-refractivity contribution in [1.29, 1.82) is 0 Å². The van der Waals surface area contributed by atoms with Crippen LogP contribution < -0.4 is 68.6 Å². The summed E-state index contributed by atoms with van der Waals surface area (Å²) in [6.07, 6.45) is 2.50. The van der Waals surface area contributed by atoms with Gasteiger partial charge in [0.25, 0.3) is 0 Å². The zero-order valence-electron chi connectivity index (χ0n) is 30.1. The fourth-order valence-electron chi connectivity index (χ4n) is 5.57. The summed E-state index contributed by atoms with van der Waals surface area (Å²) in [4.78, 5) is 22.2. The van der Waals surface area contributed by atoms with Crippen molar-refractivity contribution in [1.82, 2.24) is 0 Å². The second kappa shape index (κ2) is 21.2. The van der Waals surface area contributed by atoms with E-state index < -0.39 is 31.7 Å². The molecule has 0 saturated carbocycles. The third kappa shape index (κ3) is 13.6. The molecule has 0 atom stereocenters. The van der Waals surface area contributed by atoms with Gasteiger partial charge in [-0.05, 0) is 71.2 Å². The number of aldehydes is 2. The van der Waals surface area contributed by atoms with Gasteiger partial charge in [-0.15, -0.1) is 0 Å². The maximum atomic E-state index is 11.1. The molecular weight excluding hydrogens is 751 g/mol. The molecule has 0 aliphatic rings. The fourth-order valence-corrected chi connectivity index (χ4v) is 6.68. The van der Waals surface area contributed by atoms with E-state index in [0.29, 0.717) is 46.6 Å². The smallest absolute Gasteiger partial charge is 0.748 e. The van der Waals surface area contributed by atoms with E-state index in [1.165, 1.54) is 0 Å². The fraction of sp³-hybridized carbons (Fsp3) is 0.200. The maximum Gasteiger partial charge on any atom is 1.00 e. The molecule has 14 heteroatoms. The molecule has 5 aromatic rings. The second-order valence-corrected chi connectivity index (χ2v) is 15.2. The average Bonchev–Trinajstić information content (AvgIpc) is 3.14. The van der Waals surface area contributed by atoms with Crippen molar-refractivity contribution in [3.8, 4) is 56.0 Å². The topological polar surface area (TPSA) is 167 Å². The van der Waals surface area contributed by atoms with Crippen molar-refractivity contribution >= 4 is 32.8 Å². The Morgan fingerprint density at radius 3 is 1.00 bits per heavy atom. The molecule has 0 bridgehead atoms. The summed E-state index contributed by atoms with van der Waals surface area (Å²) >= 11 is 0. The van der Waals surface area contributed by atoms with Crippen LogP contribution in [0.2, 0.25) is 0 Å². The van der Waals surface area contributed by atoms with Crippen molar-refractivity contribution in [3.05, 3.63) is 120 Å². The van der Waals surface area contributed by atoms with Gasteiger partial charge in [-0.1, -0.05) is 97.1 Å². The zero-order valence-corrected chi connectivity index (χ0v) is 35.7. The van der Waals surface area contributed by atoms with Crippen LogP contribution in [-0.4, -0.2) is 63.2 Å². The van der Waals surface area contributed by atoms with Crippen molar-refractivity contribution in [3.63, 3.8) is 0 Å². The van der Waals surface area contributed by atoms with Gasteiger partial charge in [-0.2, -0.15) is 0 Å². The van der Waals surface area contributed by atoms with E-state index in [4.69, 9.17) is 9.47 Å². The molecular formula is C40H36Na2O10S2. The minimum atomic E-state index is -4.35. The summed E-state index contributed by atoms with van der Waals surface area (Å²) in [5, 5.41) is 0. The molecule has 0 aromatic heterocycles. The van der Waals surface area contributed by atoms with E-state index >= 15 is 0 Å². The van der Waals surface area contributed by atoms with Crippen molar-refractivity contribution in [2.24, 2.45) is 0 Å². The van der Waals surface area contributed by atoms with Crippen LogP contribution in [0.5, 0.6) is 11.5 Å². The molecule has 0 fully saturated rings. The molecule has 5 rings (SSSR count). The zero-order chi connectivity index (χ0) is 37.1. The Morgan fingerprint density at radius 1 is 0.444 bits per heavy atom. The van der Waals surface area contributed by atoms with Crippen molar-refractivity contribution in [2.75, 3.05) is 24.7 Å². The van der Waals surface area contributed by atoms with Crippen LogP contribution in [0.1, 0.15) is 46.4 Å². The molecule has 10 nitrogen and oxygen atoms in total.